The first kappa shape index (κ1) is 24.3. The summed E-state index contributed by atoms with van der Waals surface area (Å²) in [5.41, 5.74) is 7.82. The van der Waals surface area contributed by atoms with Gasteiger partial charge in [-0.15, -0.1) is 0 Å². The van der Waals surface area contributed by atoms with Crippen molar-refractivity contribution in [1.29, 1.82) is 0 Å². The van der Waals surface area contributed by atoms with E-state index in [1.165, 1.54) is 70.1 Å². The van der Waals surface area contributed by atoms with Crippen LogP contribution in [0.3, 0.4) is 0 Å². The van der Waals surface area contributed by atoms with Crippen LogP contribution >= 0.6 is 11.6 Å². The maximum Gasteiger partial charge on any atom is 0.347 e. The summed E-state index contributed by atoms with van der Waals surface area (Å²) in [5, 5.41) is 0.250. The van der Waals surface area contributed by atoms with Gasteiger partial charge in [0, 0.05) is 0 Å². The number of rotatable bonds is 14. The van der Waals surface area contributed by atoms with Gasteiger partial charge in [0.15, 0.2) is 6.10 Å². The second-order valence-electron chi connectivity index (χ2n) is 7.09. The molecule has 1 aromatic carbocycles. The third-order valence-corrected chi connectivity index (χ3v) is 4.89. The van der Waals surface area contributed by atoms with Gasteiger partial charge >= 0.3 is 11.9 Å². The van der Waals surface area contributed by atoms with Crippen molar-refractivity contribution in [2.75, 3.05) is 6.61 Å². The monoisotopic (exact) mass is 410 g/mol. The molecular weight excluding hydrogens is 378 g/mol. The molecule has 0 spiro atoms. The summed E-state index contributed by atoms with van der Waals surface area (Å²) in [6.45, 7) is 4.05. The van der Waals surface area contributed by atoms with Crippen LogP contribution in [0.1, 0.15) is 88.4 Å². The average molecular weight is 411 g/mol. The van der Waals surface area contributed by atoms with Crippen molar-refractivity contribution in [1.82, 2.24) is 5.73 Å². The Bertz CT molecular complexity index is 606. The number of unbranched alkanes of at least 4 members (excludes halogenated alkanes) is 9. The van der Waals surface area contributed by atoms with Crippen LogP contribution < -0.4 is 5.73 Å². The fourth-order valence-electron chi connectivity index (χ4n) is 2.81. The first-order chi connectivity index (χ1) is 13.5. The molecule has 0 aromatic heterocycles. The van der Waals surface area contributed by atoms with E-state index in [4.69, 9.17) is 26.8 Å². The summed E-state index contributed by atoms with van der Waals surface area (Å²) in [6, 6.07) is 4.23. The Labute approximate surface area is 173 Å². The van der Waals surface area contributed by atoms with E-state index < -0.39 is 18.0 Å². The largest absolute Gasteiger partial charge is 0.463 e. The van der Waals surface area contributed by atoms with Gasteiger partial charge in [-0.25, -0.2) is 9.59 Å². The van der Waals surface area contributed by atoms with E-state index in [1.54, 1.807) is 0 Å². The first-order valence-corrected chi connectivity index (χ1v) is 10.7. The normalized spacial score (nSPS) is 11.8. The van der Waals surface area contributed by atoms with E-state index >= 15 is 0 Å². The zero-order chi connectivity index (χ0) is 20.8. The molecule has 0 heterocycles. The second kappa shape index (κ2) is 14.3. The Kier molecular flexibility index (Phi) is 12.4. The highest BCUT2D eigenvalue weighted by molar-refractivity contribution is 6.33. The molecule has 1 N–H and O–H groups in total. The van der Waals surface area contributed by atoms with Crippen LogP contribution in [-0.4, -0.2) is 24.6 Å². The van der Waals surface area contributed by atoms with Crippen molar-refractivity contribution in [3.63, 3.8) is 0 Å². The number of esters is 2. The lowest BCUT2D eigenvalue weighted by molar-refractivity contribution is -0.153. The molecule has 0 aliphatic heterocycles. The van der Waals surface area contributed by atoms with Crippen LogP contribution in [0.2, 0.25) is 5.02 Å². The van der Waals surface area contributed by atoms with Crippen molar-refractivity contribution in [2.24, 2.45) is 0 Å². The Hall–Kier alpha value is -1.75. The van der Waals surface area contributed by atoms with Crippen LogP contribution in [0, 0.1) is 0 Å². The second-order valence-corrected chi connectivity index (χ2v) is 7.50. The molecule has 0 fully saturated rings. The molecule has 0 amide bonds. The van der Waals surface area contributed by atoms with E-state index in [0.29, 0.717) is 6.61 Å². The van der Waals surface area contributed by atoms with Crippen molar-refractivity contribution >= 4 is 29.2 Å². The van der Waals surface area contributed by atoms with Crippen molar-refractivity contribution in [3.05, 3.63) is 28.8 Å². The Morgan fingerprint density at radius 1 is 1.00 bits per heavy atom. The van der Waals surface area contributed by atoms with E-state index in [9.17, 15) is 9.59 Å². The van der Waals surface area contributed by atoms with Crippen LogP contribution in [0.5, 0.6) is 0 Å². The molecule has 0 bridgehead atoms. The van der Waals surface area contributed by atoms with Crippen molar-refractivity contribution in [2.45, 2.75) is 84.2 Å². The van der Waals surface area contributed by atoms with Crippen LogP contribution in [-0.2, 0) is 14.3 Å². The molecule has 1 unspecified atom stereocenters. The SMILES string of the molecule is CCCCCCCCCCCCOC(=O)C(C)OC(=O)c1ccc(Cl)c([NH])c1. The van der Waals surface area contributed by atoms with Crippen LogP contribution in [0.4, 0.5) is 5.69 Å². The maximum absolute atomic E-state index is 12.0. The van der Waals surface area contributed by atoms with Gasteiger partial charge in [0.1, 0.15) is 0 Å². The quantitative estimate of drug-likeness (QED) is 0.267. The summed E-state index contributed by atoms with van der Waals surface area (Å²) in [5.74, 6) is -1.22. The van der Waals surface area contributed by atoms with E-state index in [-0.39, 0.29) is 16.3 Å². The lowest BCUT2D eigenvalue weighted by Gasteiger charge is -2.13. The van der Waals surface area contributed by atoms with Gasteiger partial charge in [-0.2, -0.15) is 0 Å². The van der Waals surface area contributed by atoms with E-state index in [0.717, 1.165) is 19.3 Å². The lowest BCUT2D eigenvalue weighted by Crippen LogP contribution is -2.26. The molecule has 0 aliphatic carbocycles. The molecular formula is C22H33ClNO4. The number of carbonyl (C=O) groups is 2. The molecule has 28 heavy (non-hydrogen) atoms. The minimum absolute atomic E-state index is 0.0345. The zero-order valence-corrected chi connectivity index (χ0v) is 17.9. The minimum Gasteiger partial charge on any atom is -0.463 e. The Morgan fingerprint density at radius 3 is 2.14 bits per heavy atom. The summed E-state index contributed by atoms with van der Waals surface area (Å²) in [6.07, 6.45) is 11.1. The number of carbonyl (C=O) groups excluding carboxylic acids is 2. The highest BCUT2D eigenvalue weighted by atomic mass is 35.5. The van der Waals surface area contributed by atoms with E-state index in [1.807, 2.05) is 0 Å². The molecule has 0 saturated heterocycles. The minimum atomic E-state index is -0.986. The standard InChI is InChI=1S/C22H33ClNO4/c1-3-4-5-6-7-8-9-10-11-12-15-27-21(25)17(2)28-22(26)18-13-14-19(23)20(24)16-18/h13-14,16-17,24H,3-12,15H2,1-2H3. The number of ether oxygens (including phenoxy) is 2. The van der Waals surface area contributed by atoms with Gasteiger partial charge < -0.3 is 9.47 Å². The lowest BCUT2D eigenvalue weighted by atomic mass is 10.1. The van der Waals surface area contributed by atoms with Gasteiger partial charge in [0.2, 0.25) is 0 Å². The molecule has 1 rings (SSSR count). The van der Waals surface area contributed by atoms with Gasteiger partial charge in [0.25, 0.3) is 0 Å². The van der Waals surface area contributed by atoms with Gasteiger partial charge in [-0.1, -0.05) is 76.3 Å². The number of hydrogen-bond donors (Lipinski definition) is 0. The molecule has 0 aliphatic rings. The fourth-order valence-corrected chi connectivity index (χ4v) is 2.93. The van der Waals surface area contributed by atoms with Crippen molar-refractivity contribution in [3.8, 4) is 0 Å². The van der Waals surface area contributed by atoms with Gasteiger partial charge in [0.05, 0.1) is 22.9 Å². The smallest absolute Gasteiger partial charge is 0.347 e. The molecule has 0 saturated carbocycles. The van der Waals surface area contributed by atoms with E-state index in [2.05, 4.69) is 6.92 Å². The number of nitrogens with one attached hydrogen (secondary N) is 1. The van der Waals surface area contributed by atoms with Gasteiger partial charge in [-0.3, -0.25) is 5.73 Å². The third kappa shape index (κ3) is 9.98. The number of halogens is 1. The highest BCUT2D eigenvalue weighted by Gasteiger charge is 2.20. The molecule has 6 heteroatoms. The highest BCUT2D eigenvalue weighted by Crippen LogP contribution is 2.21. The topological polar surface area (TPSA) is 76.4 Å². The molecule has 157 valence electrons. The maximum atomic E-state index is 12.0. The predicted molar refractivity (Wildman–Crippen MR) is 112 cm³/mol. The van der Waals surface area contributed by atoms with Crippen molar-refractivity contribution < 1.29 is 19.1 Å². The molecule has 1 aromatic rings. The average Bonchev–Trinajstić information content (AvgIpc) is 2.67. The Balaban J connectivity index is 2.11. The fraction of sp³-hybridized carbons (Fsp3) is 0.636. The van der Waals surface area contributed by atoms with Crippen LogP contribution in [0.25, 0.3) is 0 Å². The summed E-state index contributed by atoms with van der Waals surface area (Å²) in [7, 11) is 0. The summed E-state index contributed by atoms with van der Waals surface area (Å²) >= 11 is 5.76. The zero-order valence-electron chi connectivity index (χ0n) is 17.1. The summed E-state index contributed by atoms with van der Waals surface area (Å²) in [4.78, 5) is 24.0. The first-order valence-electron chi connectivity index (χ1n) is 10.3. The third-order valence-electron chi connectivity index (χ3n) is 4.56. The van der Waals surface area contributed by atoms with Gasteiger partial charge in [-0.05, 0) is 31.5 Å². The molecule has 1 atom stereocenters. The summed E-state index contributed by atoms with van der Waals surface area (Å²) < 4.78 is 10.3. The number of hydrogen-bond acceptors (Lipinski definition) is 4. The predicted octanol–water partition coefficient (Wildman–Crippen LogP) is 6.26. The van der Waals surface area contributed by atoms with Crippen LogP contribution in [0.15, 0.2) is 18.2 Å². The Morgan fingerprint density at radius 2 is 1.57 bits per heavy atom. The molecule has 1 radical (unpaired) electrons. The number of benzene rings is 1. The molecule has 5 nitrogen and oxygen atoms in total.